The molecule has 1 amide bonds. The molecule has 2 N–H and O–H groups in total. The van der Waals surface area contributed by atoms with E-state index in [2.05, 4.69) is 31.2 Å². The zero-order chi connectivity index (χ0) is 13.0. The van der Waals surface area contributed by atoms with Gasteiger partial charge in [-0.25, -0.2) is 9.97 Å². The summed E-state index contributed by atoms with van der Waals surface area (Å²) in [6, 6.07) is 0. The van der Waals surface area contributed by atoms with Crippen molar-refractivity contribution < 1.29 is 14.7 Å². The van der Waals surface area contributed by atoms with E-state index in [9.17, 15) is 9.59 Å². The molecule has 0 spiro atoms. The molecular weight excluding hydrogens is 290 g/mol. The standard InChI is InChI=1S/C10H12BrN3O3/c1-5(6(2)10(16)17)9(15)14-8-4-12-7(11)3-13-8/h3-6H,1-2H3,(H,16,17)(H,13,14,15). The highest BCUT2D eigenvalue weighted by Gasteiger charge is 2.25. The van der Waals surface area contributed by atoms with E-state index in [1.54, 1.807) is 6.92 Å². The SMILES string of the molecule is CC(C(=O)O)C(C)C(=O)Nc1cnc(Br)cn1. The summed E-state index contributed by atoms with van der Waals surface area (Å²) in [5, 5.41) is 11.3. The highest BCUT2D eigenvalue weighted by atomic mass is 79.9. The van der Waals surface area contributed by atoms with Gasteiger partial charge in [0, 0.05) is 5.92 Å². The lowest BCUT2D eigenvalue weighted by molar-refractivity contribution is -0.145. The normalized spacial score (nSPS) is 13.8. The second-order valence-corrected chi connectivity index (χ2v) is 4.44. The number of hydrogen-bond acceptors (Lipinski definition) is 4. The second kappa shape index (κ2) is 5.72. The van der Waals surface area contributed by atoms with Gasteiger partial charge in [-0.05, 0) is 15.9 Å². The molecule has 0 aliphatic carbocycles. The van der Waals surface area contributed by atoms with Crippen LogP contribution in [0.4, 0.5) is 5.82 Å². The van der Waals surface area contributed by atoms with E-state index < -0.39 is 23.7 Å². The van der Waals surface area contributed by atoms with E-state index in [4.69, 9.17) is 5.11 Å². The number of amides is 1. The number of carbonyl (C=O) groups excluding carboxylic acids is 1. The zero-order valence-corrected chi connectivity index (χ0v) is 10.9. The molecule has 1 heterocycles. The minimum atomic E-state index is -1.01. The van der Waals surface area contributed by atoms with Crippen molar-refractivity contribution in [2.24, 2.45) is 11.8 Å². The number of rotatable bonds is 4. The van der Waals surface area contributed by atoms with Gasteiger partial charge in [0.05, 0.1) is 18.3 Å². The molecule has 2 unspecified atom stereocenters. The molecule has 6 nitrogen and oxygen atoms in total. The molecule has 1 aromatic heterocycles. The Bertz CT molecular complexity index is 421. The van der Waals surface area contributed by atoms with Crippen LogP contribution in [0.1, 0.15) is 13.8 Å². The summed E-state index contributed by atoms with van der Waals surface area (Å²) in [5.74, 6) is -2.50. The quantitative estimate of drug-likeness (QED) is 0.880. The molecule has 0 aliphatic heterocycles. The molecule has 17 heavy (non-hydrogen) atoms. The number of carboxylic acid groups (broad SMARTS) is 1. The van der Waals surface area contributed by atoms with Crippen LogP contribution in [0, 0.1) is 11.8 Å². The number of aliphatic carboxylic acids is 1. The van der Waals surface area contributed by atoms with Gasteiger partial charge in [-0.1, -0.05) is 13.8 Å². The Labute approximate surface area is 107 Å². The van der Waals surface area contributed by atoms with Gasteiger partial charge >= 0.3 is 5.97 Å². The number of nitrogens with one attached hydrogen (secondary N) is 1. The van der Waals surface area contributed by atoms with Crippen LogP contribution >= 0.6 is 15.9 Å². The van der Waals surface area contributed by atoms with Crippen molar-refractivity contribution in [3.8, 4) is 0 Å². The first-order chi connectivity index (χ1) is 7.91. The van der Waals surface area contributed by atoms with Crippen molar-refractivity contribution >= 4 is 33.6 Å². The predicted octanol–water partition coefficient (Wildman–Crippen LogP) is 1.53. The van der Waals surface area contributed by atoms with Gasteiger partial charge in [-0.15, -0.1) is 0 Å². The third-order valence-corrected chi connectivity index (χ3v) is 2.83. The van der Waals surface area contributed by atoms with Crippen molar-refractivity contribution in [3.63, 3.8) is 0 Å². The van der Waals surface area contributed by atoms with Gasteiger partial charge in [-0.3, -0.25) is 9.59 Å². The fourth-order valence-electron chi connectivity index (χ4n) is 1.06. The number of carboxylic acids is 1. The third-order valence-electron chi connectivity index (χ3n) is 2.42. The van der Waals surface area contributed by atoms with Crippen LogP contribution < -0.4 is 5.32 Å². The summed E-state index contributed by atoms with van der Waals surface area (Å²) in [6.07, 6.45) is 2.83. The van der Waals surface area contributed by atoms with Crippen LogP contribution in [0.25, 0.3) is 0 Å². The van der Waals surface area contributed by atoms with E-state index in [1.165, 1.54) is 19.3 Å². The second-order valence-electron chi connectivity index (χ2n) is 3.63. The topological polar surface area (TPSA) is 92.2 Å². The maximum Gasteiger partial charge on any atom is 0.307 e. The minimum absolute atomic E-state index is 0.294. The van der Waals surface area contributed by atoms with E-state index >= 15 is 0 Å². The molecule has 92 valence electrons. The Balaban J connectivity index is 2.66. The minimum Gasteiger partial charge on any atom is -0.481 e. The number of carbonyl (C=O) groups is 2. The Morgan fingerprint density at radius 2 is 1.94 bits per heavy atom. The van der Waals surface area contributed by atoms with Crippen molar-refractivity contribution in [1.82, 2.24) is 9.97 Å². The van der Waals surface area contributed by atoms with Crippen molar-refractivity contribution in [2.75, 3.05) is 5.32 Å². The van der Waals surface area contributed by atoms with Gasteiger partial charge in [0.15, 0.2) is 5.82 Å². The number of anilines is 1. The van der Waals surface area contributed by atoms with Crippen LogP contribution in [0.3, 0.4) is 0 Å². The zero-order valence-electron chi connectivity index (χ0n) is 9.35. The first kappa shape index (κ1) is 13.6. The summed E-state index contributed by atoms with van der Waals surface area (Å²) < 4.78 is 0.558. The summed E-state index contributed by atoms with van der Waals surface area (Å²) in [7, 11) is 0. The highest BCUT2D eigenvalue weighted by Crippen LogP contribution is 2.14. The van der Waals surface area contributed by atoms with Crippen molar-refractivity contribution in [3.05, 3.63) is 17.0 Å². The number of aromatic nitrogens is 2. The van der Waals surface area contributed by atoms with E-state index in [0.717, 1.165) is 0 Å². The average Bonchev–Trinajstić information content (AvgIpc) is 2.30. The highest BCUT2D eigenvalue weighted by molar-refractivity contribution is 9.10. The fourth-order valence-corrected chi connectivity index (χ4v) is 1.26. The van der Waals surface area contributed by atoms with E-state index in [1.807, 2.05) is 0 Å². The Morgan fingerprint density at radius 1 is 1.29 bits per heavy atom. The number of nitrogens with zero attached hydrogens (tertiary/aromatic N) is 2. The molecule has 1 rings (SSSR count). The first-order valence-corrected chi connectivity index (χ1v) is 5.72. The van der Waals surface area contributed by atoms with Crippen LogP contribution in [-0.4, -0.2) is 27.0 Å². The van der Waals surface area contributed by atoms with E-state index in [-0.39, 0.29) is 0 Å². The van der Waals surface area contributed by atoms with Crippen LogP contribution in [0.2, 0.25) is 0 Å². The molecule has 0 aromatic carbocycles. The van der Waals surface area contributed by atoms with Crippen LogP contribution in [0.5, 0.6) is 0 Å². The van der Waals surface area contributed by atoms with Gasteiger partial charge in [0.25, 0.3) is 0 Å². The maximum atomic E-state index is 11.7. The summed E-state index contributed by atoms with van der Waals surface area (Å²) in [5.41, 5.74) is 0. The average molecular weight is 302 g/mol. The molecule has 1 aromatic rings. The van der Waals surface area contributed by atoms with Crippen LogP contribution in [-0.2, 0) is 9.59 Å². The third kappa shape index (κ3) is 3.77. The molecule has 0 bridgehead atoms. The molecule has 7 heteroatoms. The molecule has 2 atom stereocenters. The van der Waals surface area contributed by atoms with Gasteiger partial charge < -0.3 is 10.4 Å². The lowest BCUT2D eigenvalue weighted by atomic mass is 9.95. The molecule has 0 saturated carbocycles. The van der Waals surface area contributed by atoms with Crippen molar-refractivity contribution in [2.45, 2.75) is 13.8 Å². The summed E-state index contributed by atoms with van der Waals surface area (Å²) >= 11 is 3.12. The smallest absolute Gasteiger partial charge is 0.307 e. The number of halogens is 1. The molecule has 0 aliphatic rings. The summed E-state index contributed by atoms with van der Waals surface area (Å²) in [4.78, 5) is 30.2. The van der Waals surface area contributed by atoms with Crippen LogP contribution in [0.15, 0.2) is 17.0 Å². The maximum absolute atomic E-state index is 11.7. The lowest BCUT2D eigenvalue weighted by Gasteiger charge is -2.15. The van der Waals surface area contributed by atoms with Gasteiger partial charge in [0.1, 0.15) is 4.60 Å². The van der Waals surface area contributed by atoms with Crippen molar-refractivity contribution in [1.29, 1.82) is 0 Å². The van der Waals surface area contributed by atoms with Gasteiger partial charge in [0.2, 0.25) is 5.91 Å². The Morgan fingerprint density at radius 3 is 2.41 bits per heavy atom. The fraction of sp³-hybridized carbons (Fsp3) is 0.400. The largest absolute Gasteiger partial charge is 0.481 e. The monoisotopic (exact) mass is 301 g/mol. The Kier molecular flexibility index (Phi) is 4.56. The molecular formula is C10H12BrN3O3. The number of hydrogen-bond donors (Lipinski definition) is 2. The summed E-state index contributed by atoms with van der Waals surface area (Å²) in [6.45, 7) is 3.04. The Hall–Kier alpha value is -1.50. The molecule has 0 saturated heterocycles. The van der Waals surface area contributed by atoms with Gasteiger partial charge in [-0.2, -0.15) is 0 Å². The first-order valence-electron chi connectivity index (χ1n) is 4.93. The molecule has 0 radical (unpaired) electrons. The van der Waals surface area contributed by atoms with E-state index in [0.29, 0.717) is 10.4 Å². The lowest BCUT2D eigenvalue weighted by Crippen LogP contribution is -2.30. The predicted molar refractivity (Wildman–Crippen MR) is 64.3 cm³/mol. The molecule has 0 fully saturated rings.